The fraction of sp³-hybridized carbons (Fsp3) is 0.600. The number of hydrogen-bond acceptors (Lipinski definition) is 2. The Morgan fingerprint density at radius 2 is 1.94 bits per heavy atom. The first-order valence-electron chi connectivity index (χ1n) is 6.56. The Morgan fingerprint density at radius 1 is 1.24 bits per heavy atom. The van der Waals surface area contributed by atoms with E-state index < -0.39 is 0 Å². The highest BCUT2D eigenvalue weighted by Crippen LogP contribution is 2.28. The molecule has 1 saturated heterocycles. The SMILES string of the molecule is Cc1cccc(CC2(N(C)C)CCNCC2)c1. The highest BCUT2D eigenvalue weighted by atomic mass is 15.2. The van der Waals surface area contributed by atoms with E-state index in [0.29, 0.717) is 5.54 Å². The summed E-state index contributed by atoms with van der Waals surface area (Å²) in [6, 6.07) is 8.94. The van der Waals surface area contributed by atoms with Gasteiger partial charge in [0, 0.05) is 5.54 Å². The zero-order chi connectivity index (χ0) is 12.3. The van der Waals surface area contributed by atoms with Crippen LogP contribution in [0.3, 0.4) is 0 Å². The van der Waals surface area contributed by atoms with Crippen LogP contribution in [-0.4, -0.2) is 37.6 Å². The molecule has 0 saturated carbocycles. The van der Waals surface area contributed by atoms with Crippen LogP contribution in [0, 0.1) is 6.92 Å². The maximum Gasteiger partial charge on any atom is 0.0267 e. The number of aryl methyl sites for hydroxylation is 1. The van der Waals surface area contributed by atoms with E-state index in [9.17, 15) is 0 Å². The van der Waals surface area contributed by atoms with Crippen LogP contribution in [0.4, 0.5) is 0 Å². The highest BCUT2D eigenvalue weighted by molar-refractivity contribution is 5.24. The lowest BCUT2D eigenvalue weighted by Crippen LogP contribution is -2.53. The number of likely N-dealkylation sites (N-methyl/N-ethyl adjacent to an activating group) is 1. The summed E-state index contributed by atoms with van der Waals surface area (Å²) in [4.78, 5) is 2.43. The van der Waals surface area contributed by atoms with Gasteiger partial charge >= 0.3 is 0 Å². The summed E-state index contributed by atoms with van der Waals surface area (Å²) in [5, 5.41) is 3.46. The number of nitrogens with zero attached hydrogens (tertiary/aromatic N) is 1. The molecule has 1 N–H and O–H groups in total. The molecule has 0 spiro atoms. The average Bonchev–Trinajstić information content (AvgIpc) is 2.30. The van der Waals surface area contributed by atoms with Crippen molar-refractivity contribution in [3.63, 3.8) is 0 Å². The van der Waals surface area contributed by atoms with Gasteiger partial charge in [0.05, 0.1) is 0 Å². The van der Waals surface area contributed by atoms with E-state index in [1.807, 2.05) is 0 Å². The Labute approximate surface area is 105 Å². The molecular formula is C15H24N2. The normalized spacial score (nSPS) is 19.5. The van der Waals surface area contributed by atoms with E-state index in [0.717, 1.165) is 13.1 Å². The quantitative estimate of drug-likeness (QED) is 0.859. The second-order valence-electron chi connectivity index (χ2n) is 5.53. The molecule has 0 atom stereocenters. The Kier molecular flexibility index (Phi) is 3.85. The van der Waals surface area contributed by atoms with Crippen molar-refractivity contribution in [3.8, 4) is 0 Å². The van der Waals surface area contributed by atoms with Crippen LogP contribution < -0.4 is 5.32 Å². The molecule has 1 aliphatic rings. The topological polar surface area (TPSA) is 15.3 Å². The van der Waals surface area contributed by atoms with Gasteiger partial charge in [-0.25, -0.2) is 0 Å². The van der Waals surface area contributed by atoms with Gasteiger partial charge < -0.3 is 10.2 Å². The minimum Gasteiger partial charge on any atom is -0.317 e. The number of nitrogens with one attached hydrogen (secondary N) is 1. The Bertz CT molecular complexity index is 365. The molecule has 17 heavy (non-hydrogen) atoms. The van der Waals surface area contributed by atoms with Crippen LogP contribution in [0.25, 0.3) is 0 Å². The van der Waals surface area contributed by atoms with Crippen molar-refractivity contribution < 1.29 is 0 Å². The highest BCUT2D eigenvalue weighted by Gasteiger charge is 2.34. The van der Waals surface area contributed by atoms with Gasteiger partial charge in [-0.05, 0) is 58.9 Å². The molecule has 1 aromatic carbocycles. The monoisotopic (exact) mass is 232 g/mol. The van der Waals surface area contributed by atoms with Crippen molar-refractivity contribution in [3.05, 3.63) is 35.4 Å². The summed E-state index contributed by atoms with van der Waals surface area (Å²) in [7, 11) is 4.45. The number of piperidine rings is 1. The molecule has 1 fully saturated rings. The van der Waals surface area contributed by atoms with Gasteiger partial charge in [-0.2, -0.15) is 0 Å². The zero-order valence-electron chi connectivity index (χ0n) is 11.3. The molecule has 1 aromatic rings. The van der Waals surface area contributed by atoms with E-state index in [1.165, 1.54) is 30.4 Å². The van der Waals surface area contributed by atoms with Crippen LogP contribution >= 0.6 is 0 Å². The minimum atomic E-state index is 0.346. The van der Waals surface area contributed by atoms with Crippen molar-refractivity contribution in [2.24, 2.45) is 0 Å². The van der Waals surface area contributed by atoms with E-state index >= 15 is 0 Å². The first-order chi connectivity index (χ1) is 8.12. The fourth-order valence-electron chi connectivity index (χ4n) is 2.88. The molecule has 0 radical (unpaired) electrons. The molecule has 0 unspecified atom stereocenters. The van der Waals surface area contributed by atoms with Crippen LogP contribution in [0.5, 0.6) is 0 Å². The van der Waals surface area contributed by atoms with Crippen molar-refractivity contribution in [1.82, 2.24) is 10.2 Å². The molecule has 1 heterocycles. The first-order valence-corrected chi connectivity index (χ1v) is 6.56. The molecule has 2 nitrogen and oxygen atoms in total. The maximum atomic E-state index is 3.46. The van der Waals surface area contributed by atoms with E-state index in [1.54, 1.807) is 0 Å². The summed E-state index contributed by atoms with van der Waals surface area (Å²) in [6.07, 6.45) is 3.66. The summed E-state index contributed by atoms with van der Waals surface area (Å²) >= 11 is 0. The number of hydrogen-bond donors (Lipinski definition) is 1. The maximum absolute atomic E-state index is 3.46. The Hall–Kier alpha value is -0.860. The molecule has 0 aliphatic carbocycles. The van der Waals surface area contributed by atoms with Crippen molar-refractivity contribution in [1.29, 1.82) is 0 Å². The minimum absolute atomic E-state index is 0.346. The van der Waals surface area contributed by atoms with Crippen molar-refractivity contribution in [2.75, 3.05) is 27.2 Å². The summed E-state index contributed by atoms with van der Waals surface area (Å²) in [6.45, 7) is 4.46. The van der Waals surface area contributed by atoms with Gasteiger partial charge in [-0.1, -0.05) is 29.8 Å². The smallest absolute Gasteiger partial charge is 0.0267 e. The molecule has 0 amide bonds. The van der Waals surface area contributed by atoms with Gasteiger partial charge in [0.2, 0.25) is 0 Å². The third-order valence-electron chi connectivity index (χ3n) is 4.10. The molecular weight excluding hydrogens is 208 g/mol. The number of benzene rings is 1. The lowest BCUT2D eigenvalue weighted by atomic mass is 9.81. The Morgan fingerprint density at radius 3 is 2.53 bits per heavy atom. The second-order valence-corrected chi connectivity index (χ2v) is 5.53. The molecule has 2 rings (SSSR count). The largest absolute Gasteiger partial charge is 0.317 e. The Balaban J connectivity index is 2.17. The van der Waals surface area contributed by atoms with Crippen molar-refractivity contribution in [2.45, 2.75) is 31.7 Å². The van der Waals surface area contributed by atoms with Gasteiger partial charge in [-0.3, -0.25) is 0 Å². The van der Waals surface area contributed by atoms with Gasteiger partial charge in [-0.15, -0.1) is 0 Å². The van der Waals surface area contributed by atoms with Crippen LogP contribution in [-0.2, 0) is 6.42 Å². The molecule has 0 bridgehead atoms. The predicted molar refractivity (Wildman–Crippen MR) is 73.4 cm³/mol. The summed E-state index contributed by atoms with van der Waals surface area (Å²) < 4.78 is 0. The fourth-order valence-corrected chi connectivity index (χ4v) is 2.88. The van der Waals surface area contributed by atoms with Crippen LogP contribution in [0.15, 0.2) is 24.3 Å². The summed E-state index contributed by atoms with van der Waals surface area (Å²) in [5.74, 6) is 0. The second kappa shape index (κ2) is 5.19. The van der Waals surface area contributed by atoms with Gasteiger partial charge in [0.15, 0.2) is 0 Å². The molecule has 94 valence electrons. The summed E-state index contributed by atoms with van der Waals surface area (Å²) in [5.41, 5.74) is 3.19. The number of rotatable bonds is 3. The third-order valence-corrected chi connectivity index (χ3v) is 4.10. The van der Waals surface area contributed by atoms with E-state index in [-0.39, 0.29) is 0 Å². The molecule has 0 aromatic heterocycles. The van der Waals surface area contributed by atoms with Gasteiger partial charge in [0.1, 0.15) is 0 Å². The third kappa shape index (κ3) is 2.88. The van der Waals surface area contributed by atoms with E-state index in [4.69, 9.17) is 0 Å². The van der Waals surface area contributed by atoms with Crippen LogP contribution in [0.1, 0.15) is 24.0 Å². The van der Waals surface area contributed by atoms with Crippen molar-refractivity contribution >= 4 is 0 Å². The first kappa shape index (κ1) is 12.6. The van der Waals surface area contributed by atoms with Crippen LogP contribution in [0.2, 0.25) is 0 Å². The van der Waals surface area contributed by atoms with Gasteiger partial charge in [0.25, 0.3) is 0 Å². The average molecular weight is 232 g/mol. The predicted octanol–water partition coefficient (Wildman–Crippen LogP) is 2.22. The molecule has 1 aliphatic heterocycles. The zero-order valence-corrected chi connectivity index (χ0v) is 11.3. The lowest BCUT2D eigenvalue weighted by Gasteiger charge is -2.43. The molecule has 2 heteroatoms. The lowest BCUT2D eigenvalue weighted by molar-refractivity contribution is 0.108. The van der Waals surface area contributed by atoms with E-state index in [2.05, 4.69) is 55.5 Å². The standard InChI is InChI=1S/C15H24N2/c1-13-5-4-6-14(11-13)12-15(17(2)3)7-9-16-10-8-15/h4-6,11,16H,7-10,12H2,1-3H3.